The molecule has 3 aromatic carbocycles. The molecule has 0 saturated heterocycles. The molecule has 4 heterocycles. The van der Waals surface area contributed by atoms with Gasteiger partial charge in [-0.25, -0.2) is 13.4 Å². The Labute approximate surface area is 296 Å². The quantitative estimate of drug-likeness (QED) is 0.137. The highest BCUT2D eigenvalue weighted by Crippen LogP contribution is 2.47. The Bertz CT molecular complexity index is 1860. The zero-order chi connectivity index (χ0) is 35.4. The van der Waals surface area contributed by atoms with E-state index in [0.717, 1.165) is 108 Å². The van der Waals surface area contributed by atoms with Crippen LogP contribution < -0.4 is 35.8 Å². The number of fused-ring (bicyclic) bond motifs is 4. The second-order valence-electron chi connectivity index (χ2n) is 14.3. The molecule has 3 N–H and O–H groups in total. The van der Waals surface area contributed by atoms with Gasteiger partial charge in [0, 0.05) is 77.6 Å². The molecule has 268 valence electrons. The molecule has 6 nitrogen and oxygen atoms in total. The Balaban J connectivity index is 0.000000664. The monoisotopic (exact) mass is 685 g/mol. The number of nitrogens with zero attached hydrogens (tertiary/aromatic N) is 2. The summed E-state index contributed by atoms with van der Waals surface area (Å²) in [7, 11) is 0. The van der Waals surface area contributed by atoms with E-state index in [1.807, 2.05) is 12.1 Å². The summed E-state index contributed by atoms with van der Waals surface area (Å²) < 4.78 is 32.6. The Morgan fingerprint density at radius 1 is 0.980 bits per heavy atom. The Hall–Kier alpha value is -3.78. The summed E-state index contributed by atoms with van der Waals surface area (Å²) in [6, 6.07) is 13.1. The van der Waals surface area contributed by atoms with Crippen molar-refractivity contribution in [2.75, 3.05) is 44.2 Å². The number of rotatable bonds is 11. The van der Waals surface area contributed by atoms with Crippen molar-refractivity contribution in [3.63, 3.8) is 0 Å². The zero-order valence-electron chi connectivity index (χ0n) is 30.5. The van der Waals surface area contributed by atoms with Crippen molar-refractivity contribution in [2.24, 2.45) is 5.73 Å². The molecular formula is C42H55F2N4O2+. The second kappa shape index (κ2) is 15.6. The molecule has 0 saturated carbocycles. The third-order valence-electron chi connectivity index (χ3n) is 10.8. The van der Waals surface area contributed by atoms with E-state index in [9.17, 15) is 13.6 Å². The SMILES string of the molecule is CCC(C)(F)F.CCc1c2c(cc3c1N(CC)CCC3)C(c1cccc(C(=O)NCCCCCCN)c1)=c1cc3c4c(c1O2)CC[N+]=4CCC3. The third-order valence-corrected chi connectivity index (χ3v) is 10.8. The van der Waals surface area contributed by atoms with Crippen molar-refractivity contribution in [2.45, 2.75) is 104 Å². The topological polar surface area (TPSA) is 70.6 Å². The fraction of sp³-hybridized carbons (Fsp3) is 0.524. The van der Waals surface area contributed by atoms with Crippen LogP contribution in [0.3, 0.4) is 0 Å². The van der Waals surface area contributed by atoms with Crippen molar-refractivity contribution in [1.82, 2.24) is 9.89 Å². The van der Waals surface area contributed by atoms with Gasteiger partial charge >= 0.3 is 0 Å². The number of benzene rings is 3. The van der Waals surface area contributed by atoms with E-state index in [1.54, 1.807) is 0 Å². The van der Waals surface area contributed by atoms with Gasteiger partial charge < -0.3 is 20.7 Å². The molecule has 50 heavy (non-hydrogen) atoms. The molecule has 0 atom stereocenters. The molecular weight excluding hydrogens is 630 g/mol. The van der Waals surface area contributed by atoms with Gasteiger partial charge in [0.25, 0.3) is 5.91 Å². The predicted octanol–water partition coefficient (Wildman–Crippen LogP) is 6.67. The summed E-state index contributed by atoms with van der Waals surface area (Å²) in [5, 5.41) is 5.78. The summed E-state index contributed by atoms with van der Waals surface area (Å²) >= 11 is 0. The number of hydrogen-bond donors (Lipinski definition) is 2. The predicted molar refractivity (Wildman–Crippen MR) is 200 cm³/mol. The molecule has 0 spiro atoms. The van der Waals surface area contributed by atoms with Crippen molar-refractivity contribution >= 4 is 17.2 Å². The molecule has 1 amide bonds. The molecule has 3 aromatic rings. The lowest BCUT2D eigenvalue weighted by Crippen LogP contribution is -2.37. The maximum atomic E-state index is 13.3. The summed E-state index contributed by atoms with van der Waals surface area (Å²) in [4.78, 5) is 15.9. The van der Waals surface area contributed by atoms with E-state index in [-0.39, 0.29) is 12.3 Å². The summed E-state index contributed by atoms with van der Waals surface area (Å²) in [5.41, 5.74) is 16.8. The Kier molecular flexibility index (Phi) is 11.3. The van der Waals surface area contributed by atoms with Crippen LogP contribution in [0.15, 0.2) is 36.4 Å². The van der Waals surface area contributed by atoms with Crippen LogP contribution in [0.5, 0.6) is 11.5 Å². The van der Waals surface area contributed by atoms with Crippen molar-refractivity contribution in [1.29, 1.82) is 0 Å². The number of amides is 1. The minimum Gasteiger partial charge on any atom is -0.455 e. The van der Waals surface area contributed by atoms with Crippen molar-refractivity contribution < 1.29 is 18.3 Å². The van der Waals surface area contributed by atoms with E-state index in [0.29, 0.717) is 12.1 Å². The Morgan fingerprint density at radius 3 is 2.50 bits per heavy atom. The maximum absolute atomic E-state index is 13.3. The first-order valence-corrected chi connectivity index (χ1v) is 19.1. The van der Waals surface area contributed by atoms with Gasteiger partial charge in [0.05, 0.1) is 5.56 Å². The minimum absolute atomic E-state index is 0.00301. The lowest BCUT2D eigenvalue weighted by atomic mass is 9.84. The van der Waals surface area contributed by atoms with Crippen LogP contribution in [0.4, 0.5) is 14.5 Å². The van der Waals surface area contributed by atoms with Gasteiger partial charge in [0.2, 0.25) is 11.3 Å². The number of nitrogens with two attached hydrogens (primary N) is 1. The Morgan fingerprint density at radius 2 is 1.76 bits per heavy atom. The summed E-state index contributed by atoms with van der Waals surface area (Å²) in [6.07, 6.45) is 10.7. The number of ether oxygens (including phenoxy) is 1. The lowest BCUT2D eigenvalue weighted by molar-refractivity contribution is 0.0181. The van der Waals surface area contributed by atoms with Crippen LogP contribution in [-0.4, -0.2) is 51.1 Å². The van der Waals surface area contributed by atoms with Gasteiger partial charge in [-0.1, -0.05) is 38.8 Å². The third kappa shape index (κ3) is 7.32. The molecule has 0 aliphatic carbocycles. The minimum atomic E-state index is -2.46. The molecule has 8 heteroatoms. The molecule has 4 aliphatic rings. The van der Waals surface area contributed by atoms with E-state index < -0.39 is 5.92 Å². The number of anilines is 1. The van der Waals surface area contributed by atoms with E-state index in [2.05, 4.69) is 52.9 Å². The molecule has 4 aliphatic heterocycles. The average molecular weight is 686 g/mol. The van der Waals surface area contributed by atoms with Gasteiger partial charge in [0.1, 0.15) is 24.6 Å². The van der Waals surface area contributed by atoms with Crippen LogP contribution in [0, 0.1) is 0 Å². The first-order chi connectivity index (χ1) is 24.2. The molecule has 0 aromatic heterocycles. The van der Waals surface area contributed by atoms with Gasteiger partial charge in [-0.15, -0.1) is 0 Å². The number of unbranched alkanes of at least 4 members (excludes halogenated alkanes) is 3. The average Bonchev–Trinajstić information content (AvgIpc) is 3.57. The van der Waals surface area contributed by atoms with Gasteiger partial charge in [-0.2, -0.15) is 0 Å². The molecule has 0 fully saturated rings. The number of carbonyl (C=O) groups excluding carboxylic acids is 1. The van der Waals surface area contributed by atoms with E-state index in [4.69, 9.17) is 10.5 Å². The number of aryl methyl sites for hydroxylation is 2. The highest BCUT2D eigenvalue weighted by atomic mass is 19.3. The van der Waals surface area contributed by atoms with Gasteiger partial charge in [0.15, 0.2) is 0 Å². The van der Waals surface area contributed by atoms with Gasteiger partial charge in [-0.05, 0) is 94.3 Å². The molecule has 0 bridgehead atoms. The van der Waals surface area contributed by atoms with Crippen LogP contribution in [-0.2, 0) is 25.7 Å². The van der Waals surface area contributed by atoms with Crippen molar-refractivity contribution in [3.05, 3.63) is 85.9 Å². The number of halogens is 2. The maximum Gasteiger partial charge on any atom is 0.251 e. The second-order valence-corrected chi connectivity index (χ2v) is 14.3. The number of hydrogen-bond acceptors (Lipinski definition) is 4. The normalized spacial score (nSPS) is 15.7. The highest BCUT2D eigenvalue weighted by Gasteiger charge is 2.35. The number of carbonyl (C=O) groups is 1. The smallest absolute Gasteiger partial charge is 0.251 e. The first-order valence-electron chi connectivity index (χ1n) is 19.1. The van der Waals surface area contributed by atoms with Crippen LogP contribution >= 0.6 is 0 Å². The molecule has 7 rings (SSSR count). The first kappa shape index (κ1) is 36.0. The van der Waals surface area contributed by atoms with Crippen LogP contribution in [0.2, 0.25) is 0 Å². The van der Waals surface area contributed by atoms with Crippen molar-refractivity contribution in [3.8, 4) is 11.5 Å². The van der Waals surface area contributed by atoms with Crippen LogP contribution in [0.1, 0.15) is 116 Å². The standard InChI is InChI=1S/C38H46N4O2.C4H8F2/c1-3-29-34-26(14-10-19-41(34)4-2)23-31-33(25-12-9-13-28(22-25)38(43)40-18-8-6-5-7-17-39)32-24-27-15-11-20-42-21-16-30(35(27)42)37(32)44-36(29)31;1-3-4(2,5)6/h9,12-13,22-24H,3-8,10-11,14-21,39H2,1-2H3;3H2,1-2H3/p+1. The molecule has 0 unspecified atom stereocenters. The van der Waals surface area contributed by atoms with Gasteiger partial charge in [-0.3, -0.25) is 4.79 Å². The fourth-order valence-electron chi connectivity index (χ4n) is 8.11. The molecule has 0 radical (unpaired) electrons. The summed E-state index contributed by atoms with van der Waals surface area (Å²) in [6.45, 7) is 12.6. The summed E-state index contributed by atoms with van der Waals surface area (Å²) in [5.74, 6) is -0.403. The van der Waals surface area contributed by atoms with Crippen LogP contribution in [0.25, 0.3) is 5.57 Å². The van der Waals surface area contributed by atoms with E-state index >= 15 is 0 Å². The number of alkyl halides is 2. The van der Waals surface area contributed by atoms with E-state index in [1.165, 1.54) is 69.4 Å². The lowest BCUT2D eigenvalue weighted by Gasteiger charge is -2.35. The fourth-order valence-corrected chi connectivity index (χ4v) is 8.11. The largest absolute Gasteiger partial charge is 0.455 e. The zero-order valence-corrected chi connectivity index (χ0v) is 30.5. The highest BCUT2D eigenvalue weighted by molar-refractivity contribution is 5.96. The number of nitrogens with one attached hydrogen (secondary N) is 1.